The van der Waals surface area contributed by atoms with E-state index in [2.05, 4.69) is 0 Å². The van der Waals surface area contributed by atoms with E-state index in [-0.39, 0.29) is 18.9 Å². The Balaban J connectivity index is 2.04. The van der Waals surface area contributed by atoms with E-state index in [0.717, 1.165) is 5.56 Å². The monoisotopic (exact) mass is 337 g/mol. The Kier molecular flexibility index (Phi) is 5.89. The Morgan fingerprint density at radius 3 is 2.42 bits per heavy atom. The van der Waals surface area contributed by atoms with Gasteiger partial charge in [-0.25, -0.2) is 0 Å². The normalized spacial score (nSPS) is 16.8. The third kappa shape index (κ3) is 3.72. The first-order valence-corrected chi connectivity index (χ1v) is 7.80. The molecule has 1 atom stereocenters. The SMILES string of the molecule is COc1ccc(CCC(=O)N2CCC(C(=O)O)C2)c(OC)c1OC. The largest absolute Gasteiger partial charge is 0.493 e. The molecule has 1 N–H and O–H groups in total. The van der Waals surface area contributed by atoms with E-state index < -0.39 is 11.9 Å². The molecule has 1 aromatic carbocycles. The van der Waals surface area contributed by atoms with Gasteiger partial charge in [0.05, 0.1) is 27.2 Å². The number of likely N-dealkylation sites (tertiary alicyclic amines) is 1. The van der Waals surface area contributed by atoms with Gasteiger partial charge >= 0.3 is 5.97 Å². The molecule has 24 heavy (non-hydrogen) atoms. The highest BCUT2D eigenvalue weighted by Crippen LogP contribution is 2.40. The lowest BCUT2D eigenvalue weighted by molar-refractivity contribution is -0.141. The van der Waals surface area contributed by atoms with Crippen molar-refractivity contribution in [1.29, 1.82) is 0 Å². The van der Waals surface area contributed by atoms with Crippen LogP contribution in [0.1, 0.15) is 18.4 Å². The van der Waals surface area contributed by atoms with Crippen LogP contribution in [-0.4, -0.2) is 56.3 Å². The van der Waals surface area contributed by atoms with Crippen molar-refractivity contribution in [3.8, 4) is 17.2 Å². The van der Waals surface area contributed by atoms with Crippen LogP contribution < -0.4 is 14.2 Å². The average molecular weight is 337 g/mol. The first kappa shape index (κ1) is 17.9. The van der Waals surface area contributed by atoms with Crippen molar-refractivity contribution in [3.63, 3.8) is 0 Å². The Morgan fingerprint density at radius 2 is 1.88 bits per heavy atom. The molecule has 1 aliphatic rings. The lowest BCUT2D eigenvalue weighted by atomic mass is 10.1. The maximum Gasteiger partial charge on any atom is 0.308 e. The number of methoxy groups -OCH3 is 3. The van der Waals surface area contributed by atoms with Crippen LogP contribution >= 0.6 is 0 Å². The molecule has 1 amide bonds. The molecule has 0 aliphatic carbocycles. The summed E-state index contributed by atoms with van der Waals surface area (Å²) in [5.41, 5.74) is 0.845. The van der Waals surface area contributed by atoms with Crippen LogP contribution in [0.5, 0.6) is 17.2 Å². The summed E-state index contributed by atoms with van der Waals surface area (Å²) in [6.45, 7) is 0.788. The molecule has 0 saturated carbocycles. The number of hydrogen-bond acceptors (Lipinski definition) is 5. The highest BCUT2D eigenvalue weighted by Gasteiger charge is 2.30. The highest BCUT2D eigenvalue weighted by atomic mass is 16.5. The summed E-state index contributed by atoms with van der Waals surface area (Å²) in [5.74, 6) is 0.270. The molecule has 0 spiro atoms. The third-order valence-electron chi connectivity index (χ3n) is 4.28. The van der Waals surface area contributed by atoms with Crippen LogP contribution in [0.4, 0.5) is 0 Å². The number of nitrogens with zero attached hydrogens (tertiary/aromatic N) is 1. The van der Waals surface area contributed by atoms with E-state index in [1.807, 2.05) is 6.07 Å². The maximum atomic E-state index is 12.3. The average Bonchev–Trinajstić information content (AvgIpc) is 3.09. The Labute approximate surface area is 141 Å². The van der Waals surface area contributed by atoms with Crippen LogP contribution in [-0.2, 0) is 16.0 Å². The third-order valence-corrected chi connectivity index (χ3v) is 4.28. The number of amides is 1. The fourth-order valence-corrected chi connectivity index (χ4v) is 2.95. The minimum Gasteiger partial charge on any atom is -0.493 e. The van der Waals surface area contributed by atoms with E-state index in [9.17, 15) is 9.59 Å². The van der Waals surface area contributed by atoms with Crippen molar-refractivity contribution in [2.24, 2.45) is 5.92 Å². The summed E-state index contributed by atoms with van der Waals surface area (Å²) in [4.78, 5) is 24.9. The molecule has 1 aromatic rings. The van der Waals surface area contributed by atoms with Gasteiger partial charge in [-0.3, -0.25) is 9.59 Å². The molecule has 0 radical (unpaired) electrons. The number of carboxylic acids is 1. The molecule has 7 nitrogen and oxygen atoms in total. The second-order valence-corrected chi connectivity index (χ2v) is 5.66. The van der Waals surface area contributed by atoms with E-state index >= 15 is 0 Å². The lowest BCUT2D eigenvalue weighted by Gasteiger charge is -2.18. The van der Waals surface area contributed by atoms with Crippen molar-refractivity contribution in [3.05, 3.63) is 17.7 Å². The zero-order valence-electron chi connectivity index (χ0n) is 14.2. The molecule has 1 unspecified atom stereocenters. The Bertz CT molecular complexity index is 615. The Hall–Kier alpha value is -2.44. The first-order valence-electron chi connectivity index (χ1n) is 7.80. The summed E-state index contributed by atoms with van der Waals surface area (Å²) in [6, 6.07) is 3.62. The molecule has 1 fully saturated rings. The number of carbonyl (C=O) groups excluding carboxylic acids is 1. The van der Waals surface area contributed by atoms with Gasteiger partial charge in [-0.05, 0) is 24.5 Å². The molecule has 132 valence electrons. The van der Waals surface area contributed by atoms with Crippen molar-refractivity contribution in [1.82, 2.24) is 4.90 Å². The van der Waals surface area contributed by atoms with Crippen molar-refractivity contribution >= 4 is 11.9 Å². The van der Waals surface area contributed by atoms with Crippen molar-refractivity contribution < 1.29 is 28.9 Å². The number of hydrogen-bond donors (Lipinski definition) is 1. The van der Waals surface area contributed by atoms with Gasteiger partial charge in [0.25, 0.3) is 0 Å². The minimum absolute atomic E-state index is 0.0458. The molecular formula is C17H23NO6. The molecular weight excluding hydrogens is 314 g/mol. The molecule has 0 aromatic heterocycles. The number of aryl methyl sites for hydroxylation is 1. The second-order valence-electron chi connectivity index (χ2n) is 5.66. The van der Waals surface area contributed by atoms with E-state index in [0.29, 0.717) is 36.6 Å². The fraction of sp³-hybridized carbons (Fsp3) is 0.529. The van der Waals surface area contributed by atoms with Crippen molar-refractivity contribution in [2.75, 3.05) is 34.4 Å². The smallest absolute Gasteiger partial charge is 0.308 e. The number of carboxylic acid groups (broad SMARTS) is 1. The molecule has 1 aliphatic heterocycles. The number of aliphatic carboxylic acids is 1. The fourth-order valence-electron chi connectivity index (χ4n) is 2.95. The van der Waals surface area contributed by atoms with Gasteiger partial charge in [-0.1, -0.05) is 6.07 Å². The number of carbonyl (C=O) groups is 2. The van der Waals surface area contributed by atoms with Crippen LogP contribution in [0.15, 0.2) is 12.1 Å². The summed E-state index contributed by atoms with van der Waals surface area (Å²) in [7, 11) is 4.62. The number of ether oxygens (including phenoxy) is 3. The predicted octanol–water partition coefficient (Wildman–Crippen LogP) is 1.58. The molecule has 1 saturated heterocycles. The summed E-state index contributed by atoms with van der Waals surface area (Å²) in [6.07, 6.45) is 1.29. The number of benzene rings is 1. The first-order chi connectivity index (χ1) is 11.5. The minimum atomic E-state index is -0.841. The standard InChI is InChI=1S/C17H23NO6/c1-22-13-6-4-11(15(23-2)16(13)24-3)5-7-14(19)18-9-8-12(10-18)17(20)21/h4,6,12H,5,7-10H2,1-3H3,(H,20,21). The van der Waals surface area contributed by atoms with Crippen LogP contribution in [0.3, 0.4) is 0 Å². The Morgan fingerprint density at radius 1 is 1.17 bits per heavy atom. The quantitative estimate of drug-likeness (QED) is 0.813. The molecule has 0 bridgehead atoms. The lowest BCUT2D eigenvalue weighted by Crippen LogP contribution is -2.30. The van der Waals surface area contributed by atoms with E-state index in [1.54, 1.807) is 25.2 Å². The summed E-state index contributed by atoms with van der Waals surface area (Å²) in [5, 5.41) is 9.02. The second kappa shape index (κ2) is 7.90. The summed E-state index contributed by atoms with van der Waals surface area (Å²) < 4.78 is 16.0. The van der Waals surface area contributed by atoms with Gasteiger partial charge in [-0.15, -0.1) is 0 Å². The van der Waals surface area contributed by atoms with Gasteiger partial charge in [0, 0.05) is 19.5 Å². The van der Waals surface area contributed by atoms with Gasteiger partial charge in [0.15, 0.2) is 11.5 Å². The van der Waals surface area contributed by atoms with Crippen LogP contribution in [0.25, 0.3) is 0 Å². The zero-order chi connectivity index (χ0) is 17.7. The van der Waals surface area contributed by atoms with E-state index in [4.69, 9.17) is 19.3 Å². The molecule has 2 rings (SSSR count). The highest BCUT2D eigenvalue weighted by molar-refractivity contribution is 5.79. The van der Waals surface area contributed by atoms with Crippen molar-refractivity contribution in [2.45, 2.75) is 19.3 Å². The zero-order valence-corrected chi connectivity index (χ0v) is 14.2. The molecule has 1 heterocycles. The number of rotatable bonds is 7. The van der Waals surface area contributed by atoms with Gasteiger partial charge in [0.1, 0.15) is 0 Å². The van der Waals surface area contributed by atoms with Gasteiger partial charge in [0.2, 0.25) is 11.7 Å². The van der Waals surface area contributed by atoms with E-state index in [1.165, 1.54) is 7.11 Å². The van der Waals surface area contributed by atoms with Gasteiger partial charge in [-0.2, -0.15) is 0 Å². The molecule has 7 heteroatoms. The van der Waals surface area contributed by atoms with Gasteiger partial charge < -0.3 is 24.2 Å². The van der Waals surface area contributed by atoms with Crippen LogP contribution in [0.2, 0.25) is 0 Å². The van der Waals surface area contributed by atoms with Crippen LogP contribution in [0, 0.1) is 5.92 Å². The summed E-state index contributed by atoms with van der Waals surface area (Å²) >= 11 is 0. The topological polar surface area (TPSA) is 85.3 Å². The predicted molar refractivity (Wildman–Crippen MR) is 86.7 cm³/mol. The maximum absolute atomic E-state index is 12.3.